The molecular weight excluding hydrogens is 196 g/mol. The van der Waals surface area contributed by atoms with E-state index in [1.165, 1.54) is 31.4 Å². The normalized spacial score (nSPS) is 11.9. The van der Waals surface area contributed by atoms with E-state index in [4.69, 9.17) is 0 Å². The molecule has 0 aliphatic rings. The molecule has 0 aliphatic carbocycles. The van der Waals surface area contributed by atoms with Gasteiger partial charge in [-0.15, -0.1) is 0 Å². The largest absolute Gasteiger partial charge is 0.377 e. The van der Waals surface area contributed by atoms with Crippen LogP contribution in [-0.4, -0.2) is 31.6 Å². The molecule has 0 atom stereocenters. The maximum atomic E-state index is 3.48. The Morgan fingerprint density at radius 1 is 1.12 bits per heavy atom. The third-order valence-electron chi connectivity index (χ3n) is 2.85. The van der Waals surface area contributed by atoms with Gasteiger partial charge in [-0.2, -0.15) is 0 Å². The molecule has 0 fully saturated rings. The Kier molecular flexibility index (Phi) is 10.7. The Hall–Kier alpha value is -0.500. The molecule has 0 bridgehead atoms. The van der Waals surface area contributed by atoms with Crippen molar-refractivity contribution in [2.75, 3.05) is 26.7 Å². The van der Waals surface area contributed by atoms with Crippen LogP contribution in [0.4, 0.5) is 0 Å². The zero-order valence-electron chi connectivity index (χ0n) is 11.7. The SMILES string of the molecule is CCC/C=C(\CC)N(C)CCNCCCC. The third-order valence-corrected chi connectivity index (χ3v) is 2.85. The van der Waals surface area contributed by atoms with E-state index in [0.717, 1.165) is 26.1 Å². The lowest BCUT2D eigenvalue weighted by Gasteiger charge is -2.22. The highest BCUT2D eigenvalue weighted by atomic mass is 15.1. The van der Waals surface area contributed by atoms with Crippen molar-refractivity contribution < 1.29 is 0 Å². The lowest BCUT2D eigenvalue weighted by Crippen LogP contribution is -2.29. The first-order chi connectivity index (χ1) is 7.76. The molecule has 2 heteroatoms. The summed E-state index contributed by atoms with van der Waals surface area (Å²) in [4.78, 5) is 2.38. The summed E-state index contributed by atoms with van der Waals surface area (Å²) in [6, 6.07) is 0. The predicted octanol–water partition coefficient (Wildman–Crippen LogP) is 3.40. The second-order valence-corrected chi connectivity index (χ2v) is 4.36. The van der Waals surface area contributed by atoms with Gasteiger partial charge in [0.2, 0.25) is 0 Å². The fraction of sp³-hybridized carbons (Fsp3) is 0.857. The van der Waals surface area contributed by atoms with Gasteiger partial charge in [-0.25, -0.2) is 0 Å². The number of hydrogen-bond acceptors (Lipinski definition) is 2. The minimum absolute atomic E-state index is 1.10. The third kappa shape index (κ3) is 7.75. The summed E-state index contributed by atoms with van der Waals surface area (Å²) in [5, 5.41) is 3.48. The van der Waals surface area contributed by atoms with Crippen LogP contribution < -0.4 is 5.32 Å². The lowest BCUT2D eigenvalue weighted by atomic mass is 10.2. The number of rotatable bonds is 10. The van der Waals surface area contributed by atoms with Gasteiger partial charge in [0.1, 0.15) is 0 Å². The van der Waals surface area contributed by atoms with Gasteiger partial charge in [0, 0.05) is 25.8 Å². The molecule has 1 N–H and O–H groups in total. The van der Waals surface area contributed by atoms with Crippen molar-refractivity contribution in [2.24, 2.45) is 0 Å². The molecule has 0 spiro atoms. The molecule has 0 aromatic rings. The van der Waals surface area contributed by atoms with E-state index < -0.39 is 0 Å². The molecule has 0 saturated heterocycles. The van der Waals surface area contributed by atoms with E-state index in [0.29, 0.717) is 0 Å². The van der Waals surface area contributed by atoms with Gasteiger partial charge >= 0.3 is 0 Å². The first kappa shape index (κ1) is 15.5. The smallest absolute Gasteiger partial charge is 0.0296 e. The molecule has 0 aromatic carbocycles. The Morgan fingerprint density at radius 3 is 2.44 bits per heavy atom. The van der Waals surface area contributed by atoms with Crippen molar-refractivity contribution >= 4 is 0 Å². The van der Waals surface area contributed by atoms with Crippen LogP contribution >= 0.6 is 0 Å². The van der Waals surface area contributed by atoms with Crippen molar-refractivity contribution in [2.45, 2.75) is 52.9 Å². The van der Waals surface area contributed by atoms with Crippen molar-refractivity contribution in [3.8, 4) is 0 Å². The summed E-state index contributed by atoms with van der Waals surface area (Å²) in [7, 11) is 2.20. The summed E-state index contributed by atoms with van der Waals surface area (Å²) >= 11 is 0. The molecule has 0 amide bonds. The van der Waals surface area contributed by atoms with Crippen LogP contribution in [0.1, 0.15) is 52.9 Å². The number of hydrogen-bond donors (Lipinski definition) is 1. The van der Waals surface area contributed by atoms with Crippen molar-refractivity contribution in [1.29, 1.82) is 0 Å². The Bertz CT molecular complexity index is 176. The number of nitrogens with one attached hydrogen (secondary N) is 1. The highest BCUT2D eigenvalue weighted by molar-refractivity contribution is 4.99. The topological polar surface area (TPSA) is 15.3 Å². The fourth-order valence-corrected chi connectivity index (χ4v) is 1.70. The molecule has 2 nitrogen and oxygen atoms in total. The van der Waals surface area contributed by atoms with Crippen LogP contribution in [0.2, 0.25) is 0 Å². The lowest BCUT2D eigenvalue weighted by molar-refractivity contribution is 0.394. The maximum absolute atomic E-state index is 3.48. The van der Waals surface area contributed by atoms with Crippen LogP contribution in [0.25, 0.3) is 0 Å². The fourth-order valence-electron chi connectivity index (χ4n) is 1.70. The minimum Gasteiger partial charge on any atom is -0.377 e. The molecule has 0 saturated carbocycles. The molecular formula is C14H30N2. The van der Waals surface area contributed by atoms with Crippen LogP contribution in [0, 0.1) is 0 Å². The molecule has 0 heterocycles. The first-order valence-corrected chi connectivity index (χ1v) is 6.87. The Morgan fingerprint density at radius 2 is 1.88 bits per heavy atom. The summed E-state index contributed by atoms with van der Waals surface area (Å²) in [5.41, 5.74) is 1.49. The molecule has 0 aliphatic heterocycles. The number of likely N-dealkylation sites (N-methyl/N-ethyl adjacent to an activating group) is 1. The van der Waals surface area contributed by atoms with Crippen LogP contribution in [-0.2, 0) is 0 Å². The van der Waals surface area contributed by atoms with Crippen molar-refractivity contribution in [1.82, 2.24) is 10.2 Å². The van der Waals surface area contributed by atoms with Crippen LogP contribution in [0.3, 0.4) is 0 Å². The van der Waals surface area contributed by atoms with E-state index >= 15 is 0 Å². The zero-order valence-corrected chi connectivity index (χ0v) is 11.7. The summed E-state index contributed by atoms with van der Waals surface area (Å²) in [6.45, 7) is 10.1. The van der Waals surface area contributed by atoms with Gasteiger partial charge < -0.3 is 10.2 Å². The average Bonchev–Trinajstić information content (AvgIpc) is 2.30. The monoisotopic (exact) mass is 226 g/mol. The summed E-state index contributed by atoms with van der Waals surface area (Å²) < 4.78 is 0. The maximum Gasteiger partial charge on any atom is 0.0296 e. The molecule has 0 unspecified atom stereocenters. The van der Waals surface area contributed by atoms with Crippen LogP contribution in [0.5, 0.6) is 0 Å². The van der Waals surface area contributed by atoms with Gasteiger partial charge in [0.15, 0.2) is 0 Å². The number of unbranched alkanes of at least 4 members (excludes halogenated alkanes) is 2. The standard InChI is InChI=1S/C14H30N2/c1-5-8-10-14(7-3)16(4)13-12-15-11-9-6-2/h10,15H,5-9,11-13H2,1-4H3/b14-10+. The number of allylic oxidation sites excluding steroid dienone is 2. The zero-order chi connectivity index (χ0) is 12.2. The summed E-state index contributed by atoms with van der Waals surface area (Å²) in [5.74, 6) is 0. The second kappa shape index (κ2) is 11.0. The number of nitrogens with zero attached hydrogens (tertiary/aromatic N) is 1. The van der Waals surface area contributed by atoms with Gasteiger partial charge in [-0.05, 0) is 25.8 Å². The minimum atomic E-state index is 1.10. The second-order valence-electron chi connectivity index (χ2n) is 4.36. The highest BCUT2D eigenvalue weighted by Crippen LogP contribution is 2.07. The van der Waals surface area contributed by atoms with Gasteiger partial charge in [0.25, 0.3) is 0 Å². The molecule has 96 valence electrons. The van der Waals surface area contributed by atoms with Gasteiger partial charge in [-0.3, -0.25) is 0 Å². The molecule has 0 rings (SSSR count). The molecule has 0 aromatic heterocycles. The van der Waals surface area contributed by atoms with Crippen molar-refractivity contribution in [3.05, 3.63) is 11.8 Å². The van der Waals surface area contributed by atoms with E-state index in [1.54, 1.807) is 0 Å². The van der Waals surface area contributed by atoms with E-state index in [1.807, 2.05) is 0 Å². The molecule has 0 radical (unpaired) electrons. The van der Waals surface area contributed by atoms with E-state index in [-0.39, 0.29) is 0 Å². The Balaban J connectivity index is 3.71. The van der Waals surface area contributed by atoms with Gasteiger partial charge in [-0.1, -0.05) is 39.7 Å². The quantitative estimate of drug-likeness (QED) is 0.574. The van der Waals surface area contributed by atoms with E-state index in [9.17, 15) is 0 Å². The first-order valence-electron chi connectivity index (χ1n) is 6.87. The van der Waals surface area contributed by atoms with Gasteiger partial charge in [0.05, 0.1) is 0 Å². The Labute approximate surface area is 102 Å². The van der Waals surface area contributed by atoms with E-state index in [2.05, 4.69) is 44.1 Å². The summed E-state index contributed by atoms with van der Waals surface area (Å²) in [6.07, 6.45) is 8.54. The van der Waals surface area contributed by atoms with Crippen molar-refractivity contribution in [3.63, 3.8) is 0 Å². The predicted molar refractivity (Wildman–Crippen MR) is 73.7 cm³/mol. The highest BCUT2D eigenvalue weighted by Gasteiger charge is 2.00. The average molecular weight is 226 g/mol. The molecule has 16 heavy (non-hydrogen) atoms. The van der Waals surface area contributed by atoms with Crippen LogP contribution in [0.15, 0.2) is 11.8 Å².